The van der Waals surface area contributed by atoms with E-state index >= 15 is 0 Å². The number of nitro groups is 1. The summed E-state index contributed by atoms with van der Waals surface area (Å²) in [4.78, 5) is 10.5. The number of para-hydroxylation sites is 1. The smallest absolute Gasteiger partial charge is 0.276 e. The zero-order chi connectivity index (χ0) is 15.2. The molecule has 2 aromatic rings. The van der Waals surface area contributed by atoms with Gasteiger partial charge in [0.2, 0.25) is 0 Å². The van der Waals surface area contributed by atoms with Crippen LogP contribution >= 0.6 is 0 Å². The summed E-state index contributed by atoms with van der Waals surface area (Å²) in [5, 5.41) is 20.0. The van der Waals surface area contributed by atoms with Gasteiger partial charge in [0.1, 0.15) is 6.61 Å². The molecule has 0 atom stereocenters. The highest BCUT2D eigenvalue weighted by atomic mass is 16.6. The van der Waals surface area contributed by atoms with Crippen LogP contribution in [0.25, 0.3) is 0 Å². The first-order chi connectivity index (χ1) is 10.2. The minimum Gasteiger partial charge on any atom is -0.493 e. The molecule has 0 unspecified atom stereocenters. The lowest BCUT2D eigenvalue weighted by Crippen LogP contribution is -2.01. The number of nitrogens with zero attached hydrogens (tertiary/aromatic N) is 1. The van der Waals surface area contributed by atoms with Crippen molar-refractivity contribution in [2.75, 3.05) is 7.11 Å². The summed E-state index contributed by atoms with van der Waals surface area (Å²) in [5.41, 5.74) is 1.20. The van der Waals surface area contributed by atoms with Crippen LogP contribution in [0.2, 0.25) is 0 Å². The Labute approximate surface area is 121 Å². The van der Waals surface area contributed by atoms with E-state index < -0.39 is 4.92 Å². The first kappa shape index (κ1) is 14.8. The van der Waals surface area contributed by atoms with E-state index in [-0.39, 0.29) is 18.9 Å². The molecule has 6 nitrogen and oxygen atoms in total. The monoisotopic (exact) mass is 289 g/mol. The zero-order valence-electron chi connectivity index (χ0n) is 11.5. The Morgan fingerprint density at radius 3 is 2.62 bits per heavy atom. The third-order valence-electron chi connectivity index (χ3n) is 2.98. The van der Waals surface area contributed by atoms with E-state index in [1.165, 1.54) is 13.2 Å². The number of nitro benzene ring substituents is 1. The minimum absolute atomic E-state index is 0.0171. The molecule has 0 bridgehead atoms. The van der Waals surface area contributed by atoms with E-state index in [4.69, 9.17) is 14.6 Å². The number of aliphatic hydroxyl groups excluding tert-OH is 1. The summed E-state index contributed by atoms with van der Waals surface area (Å²) < 4.78 is 10.8. The van der Waals surface area contributed by atoms with Gasteiger partial charge in [-0.25, -0.2) is 0 Å². The molecule has 6 heteroatoms. The molecule has 0 spiro atoms. The van der Waals surface area contributed by atoms with Crippen LogP contribution in [0.15, 0.2) is 42.5 Å². The number of rotatable bonds is 6. The van der Waals surface area contributed by atoms with Gasteiger partial charge in [-0.3, -0.25) is 10.1 Å². The van der Waals surface area contributed by atoms with Crippen molar-refractivity contribution in [2.45, 2.75) is 13.2 Å². The van der Waals surface area contributed by atoms with E-state index in [1.54, 1.807) is 36.4 Å². The maximum atomic E-state index is 10.9. The van der Waals surface area contributed by atoms with Gasteiger partial charge in [-0.1, -0.05) is 18.2 Å². The number of methoxy groups -OCH3 is 1. The fourth-order valence-electron chi connectivity index (χ4n) is 1.90. The Bertz CT molecular complexity index is 642. The highest BCUT2D eigenvalue weighted by Crippen LogP contribution is 2.29. The minimum atomic E-state index is -0.440. The molecule has 0 aliphatic heterocycles. The SMILES string of the molecule is COc1cc(CO)ccc1OCc1ccccc1[N+](=O)[O-]. The molecule has 0 radical (unpaired) electrons. The predicted octanol–water partition coefficient (Wildman–Crippen LogP) is 2.67. The van der Waals surface area contributed by atoms with Gasteiger partial charge in [0.05, 0.1) is 24.2 Å². The van der Waals surface area contributed by atoms with Crippen LogP contribution in [0.5, 0.6) is 11.5 Å². The third-order valence-corrected chi connectivity index (χ3v) is 2.98. The van der Waals surface area contributed by atoms with Gasteiger partial charge in [-0.2, -0.15) is 0 Å². The average Bonchev–Trinajstić information content (AvgIpc) is 2.52. The van der Waals surface area contributed by atoms with Crippen LogP contribution in [-0.4, -0.2) is 17.1 Å². The van der Waals surface area contributed by atoms with E-state index in [1.807, 2.05) is 0 Å². The number of ether oxygens (including phenoxy) is 2. The fraction of sp³-hybridized carbons (Fsp3) is 0.200. The summed E-state index contributed by atoms with van der Waals surface area (Å²) >= 11 is 0. The van der Waals surface area contributed by atoms with Crippen LogP contribution in [0.3, 0.4) is 0 Å². The van der Waals surface area contributed by atoms with Crippen molar-refractivity contribution in [3.8, 4) is 11.5 Å². The molecule has 0 amide bonds. The molecule has 2 aromatic carbocycles. The molecule has 0 aliphatic carbocycles. The lowest BCUT2D eigenvalue weighted by molar-refractivity contribution is -0.385. The summed E-state index contributed by atoms with van der Waals surface area (Å²) in [7, 11) is 1.49. The van der Waals surface area contributed by atoms with E-state index in [0.29, 0.717) is 22.6 Å². The standard InChI is InChI=1S/C15H15NO5/c1-20-15-8-11(9-17)6-7-14(15)21-10-12-4-2-3-5-13(12)16(18)19/h2-8,17H,9-10H2,1H3. The quantitative estimate of drug-likeness (QED) is 0.653. The molecule has 0 aliphatic rings. The number of benzene rings is 2. The van der Waals surface area contributed by atoms with E-state index in [0.717, 1.165) is 0 Å². The van der Waals surface area contributed by atoms with Crippen LogP contribution in [-0.2, 0) is 13.2 Å². The molecular formula is C15H15NO5. The molecule has 0 heterocycles. The Kier molecular flexibility index (Phi) is 4.73. The van der Waals surface area contributed by atoms with Crippen molar-refractivity contribution in [2.24, 2.45) is 0 Å². The highest BCUT2D eigenvalue weighted by Gasteiger charge is 2.14. The molecule has 21 heavy (non-hydrogen) atoms. The molecule has 0 saturated heterocycles. The number of hydrogen-bond acceptors (Lipinski definition) is 5. The van der Waals surface area contributed by atoms with Gasteiger partial charge in [0.15, 0.2) is 11.5 Å². The van der Waals surface area contributed by atoms with Crippen molar-refractivity contribution in [1.82, 2.24) is 0 Å². The van der Waals surface area contributed by atoms with Crippen LogP contribution < -0.4 is 9.47 Å². The fourth-order valence-corrected chi connectivity index (χ4v) is 1.90. The van der Waals surface area contributed by atoms with Crippen LogP contribution in [0, 0.1) is 10.1 Å². The number of hydrogen-bond donors (Lipinski definition) is 1. The van der Waals surface area contributed by atoms with Crippen molar-refractivity contribution >= 4 is 5.69 Å². The third kappa shape index (κ3) is 3.49. The Hall–Kier alpha value is -2.60. The average molecular weight is 289 g/mol. The maximum absolute atomic E-state index is 10.9. The first-order valence-corrected chi connectivity index (χ1v) is 6.28. The Morgan fingerprint density at radius 1 is 1.19 bits per heavy atom. The Morgan fingerprint density at radius 2 is 1.95 bits per heavy atom. The topological polar surface area (TPSA) is 81.8 Å². The molecular weight excluding hydrogens is 274 g/mol. The summed E-state index contributed by atoms with van der Waals surface area (Å²) in [6, 6.07) is 11.4. The van der Waals surface area contributed by atoms with Gasteiger partial charge in [-0.05, 0) is 23.8 Å². The lowest BCUT2D eigenvalue weighted by atomic mass is 10.2. The van der Waals surface area contributed by atoms with Crippen LogP contribution in [0.4, 0.5) is 5.69 Å². The van der Waals surface area contributed by atoms with Gasteiger partial charge < -0.3 is 14.6 Å². The van der Waals surface area contributed by atoms with E-state index in [9.17, 15) is 10.1 Å². The Balaban J connectivity index is 2.19. The number of aliphatic hydroxyl groups is 1. The molecule has 0 fully saturated rings. The van der Waals surface area contributed by atoms with Crippen LogP contribution in [0.1, 0.15) is 11.1 Å². The summed E-state index contributed by atoms with van der Waals surface area (Å²) in [6.45, 7) is -0.0349. The van der Waals surface area contributed by atoms with Gasteiger partial charge in [0.25, 0.3) is 5.69 Å². The second-order valence-corrected chi connectivity index (χ2v) is 4.32. The zero-order valence-corrected chi connectivity index (χ0v) is 11.5. The second-order valence-electron chi connectivity index (χ2n) is 4.32. The predicted molar refractivity (Wildman–Crippen MR) is 76.3 cm³/mol. The lowest BCUT2D eigenvalue weighted by Gasteiger charge is -2.11. The van der Waals surface area contributed by atoms with Crippen molar-refractivity contribution in [3.05, 3.63) is 63.7 Å². The summed E-state index contributed by atoms with van der Waals surface area (Å²) in [6.07, 6.45) is 0. The van der Waals surface area contributed by atoms with Crippen molar-refractivity contribution < 1.29 is 19.5 Å². The van der Waals surface area contributed by atoms with Crippen molar-refractivity contribution in [1.29, 1.82) is 0 Å². The molecule has 0 saturated carbocycles. The largest absolute Gasteiger partial charge is 0.493 e. The van der Waals surface area contributed by atoms with Gasteiger partial charge in [0, 0.05) is 6.07 Å². The molecule has 110 valence electrons. The van der Waals surface area contributed by atoms with Gasteiger partial charge in [-0.15, -0.1) is 0 Å². The first-order valence-electron chi connectivity index (χ1n) is 6.28. The van der Waals surface area contributed by atoms with Gasteiger partial charge >= 0.3 is 0 Å². The molecule has 2 rings (SSSR count). The second kappa shape index (κ2) is 6.71. The normalized spacial score (nSPS) is 10.2. The van der Waals surface area contributed by atoms with E-state index in [2.05, 4.69) is 0 Å². The summed E-state index contributed by atoms with van der Waals surface area (Å²) in [5.74, 6) is 0.938. The molecule has 1 N–H and O–H groups in total. The highest BCUT2D eigenvalue weighted by molar-refractivity contribution is 5.44. The maximum Gasteiger partial charge on any atom is 0.276 e. The van der Waals surface area contributed by atoms with Crippen molar-refractivity contribution in [3.63, 3.8) is 0 Å². The molecule has 0 aromatic heterocycles.